The van der Waals surface area contributed by atoms with E-state index < -0.39 is 18.3 Å². The number of hydrogen-bond acceptors (Lipinski definition) is 6. The summed E-state index contributed by atoms with van der Waals surface area (Å²) in [5.74, 6) is -1.03. The third-order valence-electron chi connectivity index (χ3n) is 4.37. The normalized spacial score (nSPS) is 11.8. The van der Waals surface area contributed by atoms with Crippen molar-refractivity contribution in [2.24, 2.45) is 14.1 Å². The minimum absolute atomic E-state index is 0.0807. The van der Waals surface area contributed by atoms with Gasteiger partial charge in [-0.1, -0.05) is 12.1 Å². The van der Waals surface area contributed by atoms with E-state index in [1.54, 1.807) is 24.7 Å². The van der Waals surface area contributed by atoms with E-state index in [0.717, 1.165) is 5.52 Å². The fourth-order valence-corrected chi connectivity index (χ4v) is 2.85. The van der Waals surface area contributed by atoms with Gasteiger partial charge in [-0.3, -0.25) is 4.79 Å². The number of ether oxygens (including phenoxy) is 1. The van der Waals surface area contributed by atoms with Gasteiger partial charge in [0.15, 0.2) is 17.4 Å². The van der Waals surface area contributed by atoms with Gasteiger partial charge in [-0.25, -0.2) is 9.78 Å². The van der Waals surface area contributed by atoms with Gasteiger partial charge in [-0.05, 0) is 25.1 Å². The van der Waals surface area contributed by atoms with Crippen molar-refractivity contribution in [1.82, 2.24) is 14.1 Å². The first kappa shape index (κ1) is 18.9. The molecule has 0 saturated carbocycles. The van der Waals surface area contributed by atoms with Gasteiger partial charge in [0, 0.05) is 25.9 Å². The van der Waals surface area contributed by atoms with Gasteiger partial charge >= 0.3 is 5.97 Å². The zero-order valence-electron chi connectivity index (χ0n) is 15.6. The van der Waals surface area contributed by atoms with Crippen LogP contribution < -0.4 is 0 Å². The number of para-hydroxylation sites is 2. The maximum Gasteiger partial charge on any atom is 0.355 e. The highest BCUT2D eigenvalue weighted by molar-refractivity contribution is 5.97. The lowest BCUT2D eigenvalue weighted by atomic mass is 10.2. The van der Waals surface area contributed by atoms with Crippen molar-refractivity contribution >= 4 is 28.4 Å². The maximum atomic E-state index is 12.3. The molecule has 0 aliphatic rings. The molecular formula is C20H18N4O4. The Labute approximate surface area is 160 Å². The number of imidazole rings is 1. The predicted octanol–water partition coefficient (Wildman–Crippen LogP) is 2.76. The molecule has 0 saturated heterocycles. The summed E-state index contributed by atoms with van der Waals surface area (Å²) in [6, 6.07) is 10.7. The number of carbonyl (C=O) groups excluding carboxylic acids is 2. The van der Waals surface area contributed by atoms with Gasteiger partial charge < -0.3 is 19.0 Å². The van der Waals surface area contributed by atoms with Crippen molar-refractivity contribution in [3.05, 3.63) is 59.4 Å². The molecule has 0 aliphatic carbocycles. The Morgan fingerprint density at radius 1 is 1.29 bits per heavy atom. The van der Waals surface area contributed by atoms with E-state index in [0.29, 0.717) is 11.1 Å². The highest BCUT2D eigenvalue weighted by Gasteiger charge is 2.19. The summed E-state index contributed by atoms with van der Waals surface area (Å²) in [6.07, 6.45) is 1.52. The first-order valence-corrected chi connectivity index (χ1v) is 8.42. The predicted molar refractivity (Wildman–Crippen MR) is 102 cm³/mol. The molecule has 0 fully saturated rings. The fraction of sp³-hybridized carbons (Fsp3) is 0.200. The Morgan fingerprint density at radius 2 is 2.00 bits per heavy atom. The number of aliphatic hydroxyl groups is 1. The number of hydrogen-bond donors (Lipinski definition) is 1. The van der Waals surface area contributed by atoms with Gasteiger partial charge in [-0.15, -0.1) is 0 Å². The summed E-state index contributed by atoms with van der Waals surface area (Å²) in [6.45, 7) is 0.903. The Bertz CT molecular complexity index is 1160. The number of benzene rings is 1. The van der Waals surface area contributed by atoms with Crippen LogP contribution in [0.4, 0.5) is 0 Å². The highest BCUT2D eigenvalue weighted by atomic mass is 16.5. The summed E-state index contributed by atoms with van der Waals surface area (Å²) < 4.78 is 8.27. The topological polar surface area (TPSA) is 110 Å². The molecule has 0 unspecified atom stereocenters. The Balaban J connectivity index is 1.85. The van der Waals surface area contributed by atoms with Crippen molar-refractivity contribution in [1.29, 1.82) is 5.26 Å². The average Bonchev–Trinajstić information content (AvgIpc) is 3.22. The summed E-state index contributed by atoms with van der Waals surface area (Å²) >= 11 is 0. The molecule has 1 aromatic carbocycles. The molecule has 0 amide bonds. The maximum absolute atomic E-state index is 12.3. The third kappa shape index (κ3) is 3.38. The van der Waals surface area contributed by atoms with Crippen LogP contribution in [0.25, 0.3) is 16.6 Å². The number of rotatable bonds is 5. The zero-order valence-corrected chi connectivity index (χ0v) is 15.6. The summed E-state index contributed by atoms with van der Waals surface area (Å²) in [5.41, 5.74) is 1.95. The fourth-order valence-electron chi connectivity index (χ4n) is 2.85. The van der Waals surface area contributed by atoms with E-state index in [1.807, 2.05) is 24.3 Å². The van der Waals surface area contributed by atoms with E-state index in [4.69, 9.17) is 4.74 Å². The number of ketones is 1. The molecule has 8 nitrogen and oxygen atoms in total. The third-order valence-corrected chi connectivity index (χ3v) is 4.37. The number of aryl methyl sites for hydroxylation is 2. The van der Waals surface area contributed by atoms with Gasteiger partial charge in [0.05, 0.1) is 11.0 Å². The molecule has 0 atom stereocenters. The van der Waals surface area contributed by atoms with Crippen molar-refractivity contribution in [2.75, 3.05) is 6.61 Å². The van der Waals surface area contributed by atoms with E-state index >= 15 is 0 Å². The lowest BCUT2D eigenvalue weighted by Crippen LogP contribution is -2.12. The number of nitrogens with zero attached hydrogens (tertiary/aromatic N) is 4. The molecule has 0 bridgehead atoms. The van der Waals surface area contributed by atoms with Gasteiger partial charge in [0.2, 0.25) is 0 Å². The first-order chi connectivity index (χ1) is 13.3. The highest BCUT2D eigenvalue weighted by Crippen LogP contribution is 2.22. The Hall–Kier alpha value is -3.86. The lowest BCUT2D eigenvalue weighted by molar-refractivity contribution is 0.0492. The van der Waals surface area contributed by atoms with Crippen LogP contribution in [-0.4, -0.2) is 37.6 Å². The standard InChI is InChI=1S/C20H18N4O4/c1-12(25)13-8-17(23(2)10-13)20(27)28-11-18(26)14(9-21)19-22-15-6-4-5-7-16(15)24(19)3/h4-8,10,26H,11H2,1-3H3/b18-14-. The van der Waals surface area contributed by atoms with Crippen LogP contribution >= 0.6 is 0 Å². The molecule has 8 heteroatoms. The van der Waals surface area contributed by atoms with E-state index in [1.165, 1.54) is 23.8 Å². The Morgan fingerprint density at radius 3 is 2.61 bits per heavy atom. The quantitative estimate of drug-likeness (QED) is 0.316. The zero-order chi connectivity index (χ0) is 20.4. The van der Waals surface area contributed by atoms with Crippen LogP contribution in [0.15, 0.2) is 42.3 Å². The van der Waals surface area contributed by atoms with Crippen molar-refractivity contribution in [2.45, 2.75) is 6.92 Å². The monoisotopic (exact) mass is 378 g/mol. The number of Topliss-reactive ketones (excluding diaryl/α,β-unsaturated/α-hetero) is 1. The minimum atomic E-state index is -0.719. The molecule has 0 aliphatic heterocycles. The second kappa shape index (κ2) is 7.40. The van der Waals surface area contributed by atoms with Gasteiger partial charge in [0.25, 0.3) is 0 Å². The molecule has 1 N–H and O–H groups in total. The number of fused-ring (bicyclic) bond motifs is 1. The van der Waals surface area contributed by atoms with Crippen LogP contribution in [0, 0.1) is 11.3 Å². The van der Waals surface area contributed by atoms with Gasteiger partial charge in [0.1, 0.15) is 23.9 Å². The molecule has 142 valence electrons. The van der Waals surface area contributed by atoms with Crippen LogP contribution in [-0.2, 0) is 18.8 Å². The number of allylic oxidation sites excluding steroid dienone is 1. The van der Waals surface area contributed by atoms with Crippen LogP contribution in [0.1, 0.15) is 33.6 Å². The van der Waals surface area contributed by atoms with Crippen LogP contribution in [0.2, 0.25) is 0 Å². The SMILES string of the molecule is CC(=O)c1cc(C(=O)OC/C(O)=C(\C#N)c2nc3ccccc3n2C)n(C)c1. The largest absolute Gasteiger partial charge is 0.507 e. The Kier molecular flexibility index (Phi) is 5.00. The lowest BCUT2D eigenvalue weighted by Gasteiger charge is -2.07. The van der Waals surface area contributed by atoms with Crippen molar-refractivity contribution in [3.8, 4) is 6.07 Å². The average molecular weight is 378 g/mol. The second-order valence-corrected chi connectivity index (χ2v) is 6.27. The molecule has 28 heavy (non-hydrogen) atoms. The molecule has 3 aromatic rings. The smallest absolute Gasteiger partial charge is 0.355 e. The number of aromatic nitrogens is 3. The number of nitriles is 1. The van der Waals surface area contributed by atoms with Crippen LogP contribution in [0.3, 0.4) is 0 Å². The summed E-state index contributed by atoms with van der Waals surface area (Å²) in [7, 11) is 3.34. The second-order valence-electron chi connectivity index (χ2n) is 6.27. The summed E-state index contributed by atoms with van der Waals surface area (Å²) in [4.78, 5) is 28.1. The van der Waals surface area contributed by atoms with E-state index in [9.17, 15) is 20.0 Å². The molecule has 0 spiro atoms. The van der Waals surface area contributed by atoms with Crippen molar-refractivity contribution < 1.29 is 19.4 Å². The number of esters is 1. The molecule has 2 heterocycles. The molecular weight excluding hydrogens is 360 g/mol. The number of carbonyl (C=O) groups is 2. The molecule has 3 rings (SSSR count). The van der Waals surface area contributed by atoms with E-state index in [2.05, 4.69) is 4.98 Å². The molecule has 2 aromatic heterocycles. The van der Waals surface area contributed by atoms with Crippen LogP contribution in [0.5, 0.6) is 0 Å². The number of aliphatic hydroxyl groups excluding tert-OH is 1. The summed E-state index contributed by atoms with van der Waals surface area (Å²) in [5, 5.41) is 19.8. The van der Waals surface area contributed by atoms with E-state index in [-0.39, 0.29) is 22.9 Å². The van der Waals surface area contributed by atoms with Gasteiger partial charge in [-0.2, -0.15) is 5.26 Å². The minimum Gasteiger partial charge on any atom is -0.507 e. The van der Waals surface area contributed by atoms with Crippen molar-refractivity contribution in [3.63, 3.8) is 0 Å². The molecule has 0 radical (unpaired) electrons. The first-order valence-electron chi connectivity index (χ1n) is 8.42.